The minimum atomic E-state index is -0.550. The molecule has 0 spiro atoms. The van der Waals surface area contributed by atoms with Gasteiger partial charge in [-0.3, -0.25) is 14.9 Å². The first kappa shape index (κ1) is 11.4. The molecule has 1 fully saturated rings. The molecular formula is C11H12N2O4. The van der Waals surface area contributed by atoms with Crippen molar-refractivity contribution < 1.29 is 14.5 Å². The monoisotopic (exact) mass is 236 g/mol. The summed E-state index contributed by atoms with van der Waals surface area (Å²) in [5.74, 6) is -0.00263. The number of nitrogens with zero attached hydrogens (tertiary/aromatic N) is 2. The molecule has 0 radical (unpaired) electrons. The van der Waals surface area contributed by atoms with Gasteiger partial charge in [0.05, 0.1) is 12.0 Å². The molecule has 6 nitrogen and oxygen atoms in total. The van der Waals surface area contributed by atoms with E-state index in [0.29, 0.717) is 5.56 Å². The van der Waals surface area contributed by atoms with Gasteiger partial charge < -0.3 is 9.64 Å². The molecule has 17 heavy (non-hydrogen) atoms. The number of ether oxygens (including phenoxy) is 1. The molecule has 2 rings (SSSR count). The van der Waals surface area contributed by atoms with Crippen molar-refractivity contribution in [2.75, 3.05) is 20.2 Å². The highest BCUT2D eigenvalue weighted by Crippen LogP contribution is 2.28. The third-order valence-corrected chi connectivity index (χ3v) is 2.77. The normalized spacial score (nSPS) is 14.1. The number of methoxy groups -OCH3 is 1. The molecule has 6 heteroatoms. The minimum Gasteiger partial charge on any atom is -0.490 e. The van der Waals surface area contributed by atoms with Gasteiger partial charge in [0.1, 0.15) is 0 Å². The van der Waals surface area contributed by atoms with Crippen LogP contribution in [0.1, 0.15) is 16.8 Å². The molecule has 1 aromatic rings. The maximum Gasteiger partial charge on any atom is 0.311 e. The van der Waals surface area contributed by atoms with Crippen molar-refractivity contribution in [3.05, 3.63) is 33.9 Å². The maximum atomic E-state index is 11.9. The number of carbonyl (C=O) groups is 1. The van der Waals surface area contributed by atoms with E-state index >= 15 is 0 Å². The Labute approximate surface area is 97.9 Å². The molecule has 0 aromatic heterocycles. The third kappa shape index (κ3) is 2.06. The van der Waals surface area contributed by atoms with E-state index in [0.717, 1.165) is 19.5 Å². The molecule has 1 aromatic carbocycles. The number of amides is 1. The fourth-order valence-electron chi connectivity index (χ4n) is 1.67. The van der Waals surface area contributed by atoms with Gasteiger partial charge in [-0.15, -0.1) is 0 Å². The molecule has 0 atom stereocenters. The van der Waals surface area contributed by atoms with Crippen LogP contribution >= 0.6 is 0 Å². The van der Waals surface area contributed by atoms with Crippen molar-refractivity contribution >= 4 is 11.6 Å². The fraction of sp³-hybridized carbons (Fsp3) is 0.364. The quantitative estimate of drug-likeness (QED) is 0.588. The summed E-state index contributed by atoms with van der Waals surface area (Å²) in [5, 5.41) is 10.8. The Bertz CT molecular complexity index is 469. The number of nitro benzene ring substituents is 1. The summed E-state index contributed by atoms with van der Waals surface area (Å²) >= 11 is 0. The second kappa shape index (κ2) is 4.40. The van der Waals surface area contributed by atoms with Crippen LogP contribution in [0.4, 0.5) is 5.69 Å². The molecule has 1 heterocycles. The molecule has 0 aliphatic carbocycles. The van der Waals surface area contributed by atoms with Gasteiger partial charge in [0.2, 0.25) is 0 Å². The number of nitro groups is 1. The molecule has 0 unspecified atom stereocenters. The highest BCUT2D eigenvalue weighted by atomic mass is 16.6. The van der Waals surface area contributed by atoms with Crippen molar-refractivity contribution in [1.82, 2.24) is 4.90 Å². The van der Waals surface area contributed by atoms with Crippen LogP contribution in [0, 0.1) is 10.1 Å². The Morgan fingerprint density at radius 2 is 2.18 bits per heavy atom. The number of hydrogen-bond donors (Lipinski definition) is 0. The standard InChI is InChI=1S/C11H12N2O4/c1-17-10-4-3-8(7-9(10)13(15)16)11(14)12-5-2-6-12/h3-4,7H,2,5-6H2,1H3. The molecule has 0 saturated carbocycles. The zero-order chi connectivity index (χ0) is 12.4. The zero-order valence-corrected chi connectivity index (χ0v) is 9.38. The minimum absolute atomic E-state index is 0.162. The summed E-state index contributed by atoms with van der Waals surface area (Å²) in [5.41, 5.74) is 0.149. The summed E-state index contributed by atoms with van der Waals surface area (Å²) in [6.07, 6.45) is 0.990. The highest BCUT2D eigenvalue weighted by Gasteiger charge is 2.24. The summed E-state index contributed by atoms with van der Waals surface area (Å²) in [6, 6.07) is 4.26. The molecule has 0 N–H and O–H groups in total. The van der Waals surface area contributed by atoms with E-state index in [1.165, 1.54) is 19.2 Å². The van der Waals surface area contributed by atoms with Gasteiger partial charge in [0.25, 0.3) is 5.91 Å². The third-order valence-electron chi connectivity index (χ3n) is 2.77. The Morgan fingerprint density at radius 3 is 2.65 bits per heavy atom. The summed E-state index contributed by atoms with van der Waals surface area (Å²) < 4.78 is 4.88. The van der Waals surface area contributed by atoms with E-state index in [9.17, 15) is 14.9 Å². The number of hydrogen-bond acceptors (Lipinski definition) is 4. The lowest BCUT2D eigenvalue weighted by atomic mass is 10.1. The molecular weight excluding hydrogens is 224 g/mol. The Balaban J connectivity index is 2.32. The van der Waals surface area contributed by atoms with E-state index in [2.05, 4.69) is 0 Å². The number of carbonyl (C=O) groups excluding carboxylic acids is 1. The summed E-state index contributed by atoms with van der Waals surface area (Å²) in [7, 11) is 1.36. The van der Waals surface area contributed by atoms with E-state index in [1.54, 1.807) is 11.0 Å². The largest absolute Gasteiger partial charge is 0.490 e. The van der Waals surface area contributed by atoms with Crippen molar-refractivity contribution in [2.45, 2.75) is 6.42 Å². The summed E-state index contributed by atoms with van der Waals surface area (Å²) in [6.45, 7) is 1.44. The average molecular weight is 236 g/mol. The van der Waals surface area contributed by atoms with Gasteiger partial charge in [0.15, 0.2) is 5.75 Å². The molecule has 1 aliphatic rings. The predicted molar refractivity (Wildman–Crippen MR) is 60.2 cm³/mol. The highest BCUT2D eigenvalue weighted by molar-refractivity contribution is 5.95. The topological polar surface area (TPSA) is 72.7 Å². The number of rotatable bonds is 3. The SMILES string of the molecule is COc1ccc(C(=O)N2CCC2)cc1[N+](=O)[O-]. The van der Waals surface area contributed by atoms with Crippen molar-refractivity contribution in [2.24, 2.45) is 0 Å². The van der Waals surface area contributed by atoms with Gasteiger partial charge in [0, 0.05) is 24.7 Å². The Hall–Kier alpha value is -2.11. The fourth-order valence-corrected chi connectivity index (χ4v) is 1.67. The van der Waals surface area contributed by atoms with Crippen LogP contribution < -0.4 is 4.74 Å². The lowest BCUT2D eigenvalue weighted by molar-refractivity contribution is -0.385. The Kier molecular flexibility index (Phi) is 2.95. The van der Waals surface area contributed by atoms with E-state index in [4.69, 9.17) is 4.74 Å². The van der Waals surface area contributed by atoms with Gasteiger partial charge in [-0.05, 0) is 18.6 Å². The second-order valence-electron chi connectivity index (χ2n) is 3.79. The number of likely N-dealkylation sites (tertiary alicyclic amines) is 1. The van der Waals surface area contributed by atoms with Gasteiger partial charge >= 0.3 is 5.69 Å². The first-order chi connectivity index (χ1) is 8.13. The van der Waals surface area contributed by atoms with Gasteiger partial charge in [-0.2, -0.15) is 0 Å². The maximum absolute atomic E-state index is 11.9. The van der Waals surface area contributed by atoms with Gasteiger partial charge in [-0.1, -0.05) is 0 Å². The molecule has 0 bridgehead atoms. The van der Waals surface area contributed by atoms with E-state index in [-0.39, 0.29) is 17.3 Å². The lowest BCUT2D eigenvalue weighted by Gasteiger charge is -2.30. The molecule has 1 saturated heterocycles. The van der Waals surface area contributed by atoms with Gasteiger partial charge in [-0.25, -0.2) is 0 Å². The van der Waals surface area contributed by atoms with Crippen LogP contribution in [0.2, 0.25) is 0 Å². The van der Waals surface area contributed by atoms with E-state index < -0.39 is 4.92 Å². The second-order valence-corrected chi connectivity index (χ2v) is 3.79. The molecule has 90 valence electrons. The number of benzene rings is 1. The first-order valence-electron chi connectivity index (χ1n) is 5.25. The van der Waals surface area contributed by atoms with Crippen LogP contribution in [-0.4, -0.2) is 35.9 Å². The van der Waals surface area contributed by atoms with Crippen molar-refractivity contribution in [3.8, 4) is 5.75 Å². The zero-order valence-electron chi connectivity index (χ0n) is 9.38. The van der Waals surface area contributed by atoms with Crippen molar-refractivity contribution in [1.29, 1.82) is 0 Å². The van der Waals surface area contributed by atoms with Crippen LogP contribution in [0.3, 0.4) is 0 Å². The van der Waals surface area contributed by atoms with Crippen LogP contribution in [-0.2, 0) is 0 Å². The first-order valence-corrected chi connectivity index (χ1v) is 5.25. The van der Waals surface area contributed by atoms with Crippen molar-refractivity contribution in [3.63, 3.8) is 0 Å². The van der Waals surface area contributed by atoms with Crippen LogP contribution in [0.5, 0.6) is 5.75 Å². The average Bonchev–Trinajstić information content (AvgIpc) is 2.25. The van der Waals surface area contributed by atoms with E-state index in [1.807, 2.05) is 0 Å². The van der Waals surface area contributed by atoms with Crippen LogP contribution in [0.15, 0.2) is 18.2 Å². The van der Waals surface area contributed by atoms with Crippen LogP contribution in [0.25, 0.3) is 0 Å². The predicted octanol–water partition coefficient (Wildman–Crippen LogP) is 1.45. The Morgan fingerprint density at radius 1 is 1.47 bits per heavy atom. The molecule has 1 amide bonds. The molecule has 1 aliphatic heterocycles. The lowest BCUT2D eigenvalue weighted by Crippen LogP contribution is -2.42. The smallest absolute Gasteiger partial charge is 0.311 e. The summed E-state index contributed by atoms with van der Waals surface area (Å²) in [4.78, 5) is 23.8.